The summed E-state index contributed by atoms with van der Waals surface area (Å²) in [6, 6.07) is 4.49. The highest BCUT2D eigenvalue weighted by Crippen LogP contribution is 2.29. The van der Waals surface area contributed by atoms with Crippen molar-refractivity contribution >= 4 is 27.6 Å². The number of aliphatic hydroxyl groups is 1. The van der Waals surface area contributed by atoms with E-state index in [1.54, 1.807) is 42.0 Å². The molecule has 2 aliphatic rings. The van der Waals surface area contributed by atoms with Gasteiger partial charge in [-0.2, -0.15) is 0 Å². The highest BCUT2D eigenvalue weighted by Gasteiger charge is 2.32. The van der Waals surface area contributed by atoms with Crippen LogP contribution in [0.4, 0.5) is 10.5 Å². The lowest BCUT2D eigenvalue weighted by Crippen LogP contribution is -2.50. The zero-order valence-electron chi connectivity index (χ0n) is 21.7. The molecule has 11 heteroatoms. The molecule has 0 aromatic heterocycles. The Bertz CT molecular complexity index is 1030. The Morgan fingerprint density at radius 3 is 2.61 bits per heavy atom. The van der Waals surface area contributed by atoms with Gasteiger partial charge in [0.05, 0.1) is 31.9 Å². The minimum atomic E-state index is -3.50. The van der Waals surface area contributed by atoms with Crippen molar-refractivity contribution in [1.82, 2.24) is 15.1 Å². The van der Waals surface area contributed by atoms with Gasteiger partial charge in [0.2, 0.25) is 15.9 Å². The van der Waals surface area contributed by atoms with Crippen LogP contribution in [0.1, 0.15) is 51.5 Å². The molecule has 3 amide bonds. The third-order valence-corrected chi connectivity index (χ3v) is 7.56. The number of benzene rings is 1. The Morgan fingerprint density at radius 2 is 1.97 bits per heavy atom. The van der Waals surface area contributed by atoms with E-state index < -0.39 is 22.2 Å². The van der Waals surface area contributed by atoms with Gasteiger partial charge in [0.1, 0.15) is 11.9 Å². The molecule has 1 aliphatic heterocycles. The number of hydrogen-bond donors (Lipinski definition) is 3. The Balaban J connectivity index is 1.86. The predicted octanol–water partition coefficient (Wildman–Crippen LogP) is 2.18. The Hall–Kier alpha value is -2.53. The number of anilines is 1. The van der Waals surface area contributed by atoms with Crippen molar-refractivity contribution in [3.63, 3.8) is 0 Å². The quantitative estimate of drug-likeness (QED) is 0.502. The van der Waals surface area contributed by atoms with Crippen LogP contribution in [0.15, 0.2) is 18.2 Å². The summed E-state index contributed by atoms with van der Waals surface area (Å²) < 4.78 is 32.3. The van der Waals surface area contributed by atoms with Gasteiger partial charge in [0.25, 0.3) is 0 Å². The van der Waals surface area contributed by atoms with Crippen LogP contribution >= 0.6 is 0 Å². The smallest absolute Gasteiger partial charge is 0.317 e. The number of urea groups is 1. The lowest BCUT2D eigenvalue weighted by atomic mass is 9.96. The third-order valence-electron chi connectivity index (χ3n) is 6.95. The second kappa shape index (κ2) is 12.1. The first-order chi connectivity index (χ1) is 17.0. The van der Waals surface area contributed by atoms with Gasteiger partial charge in [-0.3, -0.25) is 9.52 Å². The first-order valence-electron chi connectivity index (χ1n) is 12.7. The summed E-state index contributed by atoms with van der Waals surface area (Å²) >= 11 is 0. The van der Waals surface area contributed by atoms with Crippen molar-refractivity contribution in [1.29, 1.82) is 0 Å². The summed E-state index contributed by atoms with van der Waals surface area (Å²) in [6.07, 6.45) is 6.06. The normalized spacial score (nSPS) is 22.4. The van der Waals surface area contributed by atoms with E-state index >= 15 is 0 Å². The number of carbonyl (C=O) groups is 2. The lowest BCUT2D eigenvalue weighted by molar-refractivity contribution is -0.134. The first-order valence-corrected chi connectivity index (χ1v) is 14.5. The fraction of sp³-hybridized carbons (Fsp3) is 0.680. The molecule has 1 heterocycles. The van der Waals surface area contributed by atoms with Crippen molar-refractivity contribution in [3.8, 4) is 5.75 Å². The molecule has 3 atom stereocenters. The van der Waals surface area contributed by atoms with Crippen LogP contribution in [0.25, 0.3) is 0 Å². The number of fused-ring (bicyclic) bond motifs is 1. The molecule has 3 rings (SSSR count). The topological polar surface area (TPSA) is 128 Å². The summed E-state index contributed by atoms with van der Waals surface area (Å²) in [4.78, 5) is 29.4. The number of ether oxygens (including phenoxy) is 1. The summed E-state index contributed by atoms with van der Waals surface area (Å²) in [7, 11) is -1.76. The number of hydrogen-bond acceptors (Lipinski definition) is 6. The minimum absolute atomic E-state index is 0.00357. The Kier molecular flexibility index (Phi) is 9.46. The van der Waals surface area contributed by atoms with Gasteiger partial charge in [0, 0.05) is 36.8 Å². The highest BCUT2D eigenvalue weighted by atomic mass is 32.2. The molecule has 0 spiro atoms. The van der Waals surface area contributed by atoms with E-state index in [0.29, 0.717) is 30.1 Å². The van der Waals surface area contributed by atoms with Gasteiger partial charge in [-0.25, -0.2) is 13.2 Å². The van der Waals surface area contributed by atoms with Crippen molar-refractivity contribution in [2.45, 2.75) is 70.6 Å². The summed E-state index contributed by atoms with van der Waals surface area (Å²) in [6.45, 7) is 4.22. The monoisotopic (exact) mass is 524 g/mol. The standard InChI is InChI=1S/C25H40N4O6S/c1-17-14-29(18(2)16-30)24(31)13-19-12-21(27-36(4,33)34)10-11-22(19)35-23(17)15-28(3)25(32)26-20-8-6-5-7-9-20/h10-12,17-18,20,23,27,30H,5-9,13-16H2,1-4H3,(H,26,32)/t17-,18-,23+/m1/s1. The molecule has 1 fully saturated rings. The zero-order chi connectivity index (χ0) is 26.5. The number of sulfonamides is 1. The predicted molar refractivity (Wildman–Crippen MR) is 138 cm³/mol. The van der Waals surface area contributed by atoms with Gasteiger partial charge in [-0.1, -0.05) is 26.2 Å². The molecule has 0 saturated heterocycles. The maximum Gasteiger partial charge on any atom is 0.317 e. The van der Waals surface area contributed by atoms with Crippen LogP contribution in [0.2, 0.25) is 0 Å². The van der Waals surface area contributed by atoms with E-state index in [1.807, 2.05) is 6.92 Å². The number of aliphatic hydroxyl groups excluding tert-OH is 1. The second-order valence-electron chi connectivity index (χ2n) is 10.2. The molecular weight excluding hydrogens is 484 g/mol. The largest absolute Gasteiger partial charge is 0.488 e. The van der Waals surface area contributed by atoms with Crippen LogP contribution < -0.4 is 14.8 Å². The molecule has 1 aromatic rings. The first kappa shape index (κ1) is 28.0. The van der Waals surface area contributed by atoms with Crippen molar-refractivity contribution in [2.75, 3.05) is 37.7 Å². The number of rotatable bonds is 7. The molecule has 0 unspecified atom stereocenters. The summed E-state index contributed by atoms with van der Waals surface area (Å²) in [5.41, 5.74) is 0.874. The van der Waals surface area contributed by atoms with Gasteiger partial charge in [0.15, 0.2) is 0 Å². The van der Waals surface area contributed by atoms with Gasteiger partial charge >= 0.3 is 6.03 Å². The molecule has 1 aliphatic carbocycles. The van der Waals surface area contributed by atoms with E-state index in [-0.39, 0.29) is 36.9 Å². The van der Waals surface area contributed by atoms with Crippen molar-refractivity contribution in [2.24, 2.45) is 5.92 Å². The van der Waals surface area contributed by atoms with Crippen LogP contribution in [0, 0.1) is 5.92 Å². The number of amides is 3. The maximum absolute atomic E-state index is 13.2. The number of nitrogens with one attached hydrogen (secondary N) is 2. The Labute approximate surface area is 214 Å². The second-order valence-corrected chi connectivity index (χ2v) is 12.0. The Morgan fingerprint density at radius 1 is 1.28 bits per heavy atom. The van der Waals surface area contributed by atoms with E-state index in [1.165, 1.54) is 6.42 Å². The van der Waals surface area contributed by atoms with Crippen LogP contribution in [-0.4, -0.2) is 86.4 Å². The molecule has 36 heavy (non-hydrogen) atoms. The summed E-state index contributed by atoms with van der Waals surface area (Å²) in [5.74, 6) is 0.139. The molecule has 0 bridgehead atoms. The van der Waals surface area contributed by atoms with Crippen LogP contribution in [0.3, 0.4) is 0 Å². The van der Waals surface area contributed by atoms with Crippen molar-refractivity contribution < 1.29 is 27.9 Å². The lowest BCUT2D eigenvalue weighted by Gasteiger charge is -2.34. The zero-order valence-corrected chi connectivity index (χ0v) is 22.5. The van der Waals surface area contributed by atoms with Crippen LogP contribution in [0.5, 0.6) is 5.75 Å². The van der Waals surface area contributed by atoms with Gasteiger partial charge in [-0.05, 0) is 38.0 Å². The van der Waals surface area contributed by atoms with Gasteiger partial charge in [-0.15, -0.1) is 0 Å². The summed E-state index contributed by atoms with van der Waals surface area (Å²) in [5, 5.41) is 12.9. The molecule has 0 radical (unpaired) electrons. The molecule has 1 saturated carbocycles. The van der Waals surface area contributed by atoms with Crippen molar-refractivity contribution in [3.05, 3.63) is 23.8 Å². The van der Waals surface area contributed by atoms with E-state index in [9.17, 15) is 23.1 Å². The van der Waals surface area contributed by atoms with Gasteiger partial charge < -0.3 is 25.0 Å². The van der Waals surface area contributed by atoms with E-state index in [4.69, 9.17) is 4.74 Å². The fourth-order valence-electron chi connectivity index (χ4n) is 4.81. The molecule has 10 nitrogen and oxygen atoms in total. The third kappa shape index (κ3) is 7.73. The number of likely N-dealkylation sites (N-methyl/N-ethyl adjacent to an activating group) is 1. The van der Waals surface area contributed by atoms with E-state index in [0.717, 1.165) is 31.9 Å². The SMILES string of the molecule is C[C@@H]1CN([C@H](C)CO)C(=O)Cc2cc(NS(C)(=O)=O)ccc2O[C@H]1CN(C)C(=O)NC1CCCCC1. The minimum Gasteiger partial charge on any atom is -0.488 e. The highest BCUT2D eigenvalue weighted by molar-refractivity contribution is 7.92. The molecule has 202 valence electrons. The number of carbonyl (C=O) groups excluding carboxylic acids is 2. The van der Waals surface area contributed by atoms with E-state index in [2.05, 4.69) is 10.0 Å². The maximum atomic E-state index is 13.2. The molecular formula is C25H40N4O6S. The average molecular weight is 525 g/mol. The molecule has 3 N–H and O–H groups in total. The average Bonchev–Trinajstić information content (AvgIpc) is 2.86. The molecule has 1 aromatic carbocycles. The fourth-order valence-corrected chi connectivity index (χ4v) is 5.36. The number of nitrogens with zero attached hydrogens (tertiary/aromatic N) is 2. The van der Waals surface area contributed by atoms with Crippen LogP contribution in [-0.2, 0) is 21.2 Å².